The Balaban J connectivity index is 2.15. The van der Waals surface area contributed by atoms with Crippen molar-refractivity contribution < 1.29 is 9.53 Å². The highest BCUT2D eigenvalue weighted by molar-refractivity contribution is 6.17. The largest absolute Gasteiger partial charge is 0.451 e. The summed E-state index contributed by atoms with van der Waals surface area (Å²) in [5.41, 5.74) is 2.45. The number of hydrogen-bond donors (Lipinski definition) is 0. The van der Waals surface area contributed by atoms with Crippen molar-refractivity contribution in [1.29, 1.82) is 5.26 Å². The van der Waals surface area contributed by atoms with Crippen molar-refractivity contribution in [2.24, 2.45) is 0 Å². The number of allylic oxidation sites excluding steroid dienone is 2. The van der Waals surface area contributed by atoms with Gasteiger partial charge in [0.15, 0.2) is 5.76 Å². The Morgan fingerprint density at radius 3 is 2.60 bits per heavy atom. The lowest BCUT2D eigenvalue weighted by Gasteiger charge is -2.02. The van der Waals surface area contributed by atoms with Gasteiger partial charge in [0.1, 0.15) is 17.4 Å². The predicted octanol–water partition coefficient (Wildman–Crippen LogP) is 3.51. The van der Waals surface area contributed by atoms with E-state index in [1.165, 1.54) is 0 Å². The topological polar surface area (TPSA) is 50.1 Å². The van der Waals surface area contributed by atoms with Gasteiger partial charge in [0.05, 0.1) is 5.56 Å². The lowest BCUT2D eigenvalue weighted by atomic mass is 10.0. The summed E-state index contributed by atoms with van der Waals surface area (Å²) >= 11 is 0. The Labute approximate surface area is 116 Å². The summed E-state index contributed by atoms with van der Waals surface area (Å²) in [4.78, 5) is 12.4. The third kappa shape index (κ3) is 1.88. The fourth-order valence-corrected chi connectivity index (χ4v) is 2.20. The van der Waals surface area contributed by atoms with Crippen LogP contribution in [-0.2, 0) is 0 Å². The van der Waals surface area contributed by atoms with Crippen LogP contribution in [0.1, 0.15) is 21.5 Å². The highest BCUT2D eigenvalue weighted by Crippen LogP contribution is 2.35. The second-order valence-corrected chi connectivity index (χ2v) is 4.61. The maximum absolute atomic E-state index is 12.4. The second kappa shape index (κ2) is 4.67. The monoisotopic (exact) mass is 261 g/mol. The molecule has 0 aliphatic carbocycles. The lowest BCUT2D eigenvalue weighted by molar-refractivity contribution is 0.101. The molecule has 0 amide bonds. The SMILES string of the molecule is Cc1ccc2c(c1)C(=O)/C(=C(\C#N)c1ccccc1)O2. The Hall–Kier alpha value is -2.86. The molecule has 0 spiro atoms. The molecule has 0 atom stereocenters. The quantitative estimate of drug-likeness (QED) is 0.583. The van der Waals surface area contributed by atoms with E-state index in [1.54, 1.807) is 24.3 Å². The van der Waals surface area contributed by atoms with Crippen molar-refractivity contribution in [1.82, 2.24) is 0 Å². The molecule has 0 saturated heterocycles. The zero-order valence-corrected chi connectivity index (χ0v) is 10.9. The van der Waals surface area contributed by atoms with Crippen LogP contribution >= 0.6 is 0 Å². The average molecular weight is 261 g/mol. The third-order valence-corrected chi connectivity index (χ3v) is 3.20. The molecule has 3 heteroatoms. The average Bonchev–Trinajstić information content (AvgIpc) is 2.78. The fourth-order valence-electron chi connectivity index (χ4n) is 2.20. The van der Waals surface area contributed by atoms with Crippen LogP contribution in [0, 0.1) is 18.3 Å². The highest BCUT2D eigenvalue weighted by atomic mass is 16.5. The highest BCUT2D eigenvalue weighted by Gasteiger charge is 2.30. The van der Waals surface area contributed by atoms with Crippen LogP contribution in [0.5, 0.6) is 5.75 Å². The van der Waals surface area contributed by atoms with Gasteiger partial charge in [0, 0.05) is 0 Å². The number of carbonyl (C=O) groups is 1. The summed E-state index contributed by atoms with van der Waals surface area (Å²) in [6.45, 7) is 1.91. The number of ketones is 1. The molecular weight excluding hydrogens is 250 g/mol. The van der Waals surface area contributed by atoms with Crippen LogP contribution in [0.2, 0.25) is 0 Å². The molecule has 0 radical (unpaired) electrons. The normalized spacial score (nSPS) is 15.3. The van der Waals surface area contributed by atoms with Crippen molar-refractivity contribution >= 4 is 11.4 Å². The van der Waals surface area contributed by atoms with E-state index in [2.05, 4.69) is 6.07 Å². The van der Waals surface area contributed by atoms with E-state index >= 15 is 0 Å². The Morgan fingerprint density at radius 1 is 1.15 bits per heavy atom. The number of hydrogen-bond acceptors (Lipinski definition) is 3. The summed E-state index contributed by atoms with van der Waals surface area (Å²) in [6.07, 6.45) is 0. The fraction of sp³-hybridized carbons (Fsp3) is 0.0588. The molecule has 20 heavy (non-hydrogen) atoms. The first-order valence-electron chi connectivity index (χ1n) is 6.23. The van der Waals surface area contributed by atoms with Gasteiger partial charge < -0.3 is 4.74 Å². The van der Waals surface area contributed by atoms with Crippen molar-refractivity contribution in [2.45, 2.75) is 6.92 Å². The van der Waals surface area contributed by atoms with Gasteiger partial charge in [-0.3, -0.25) is 4.79 Å². The van der Waals surface area contributed by atoms with Crippen LogP contribution in [0.4, 0.5) is 0 Å². The molecule has 0 bridgehead atoms. The van der Waals surface area contributed by atoms with E-state index in [1.807, 2.05) is 31.2 Å². The van der Waals surface area contributed by atoms with E-state index in [4.69, 9.17) is 4.74 Å². The minimum atomic E-state index is -0.232. The van der Waals surface area contributed by atoms with Gasteiger partial charge in [0.2, 0.25) is 5.78 Å². The minimum Gasteiger partial charge on any atom is -0.451 e. The number of nitrogens with zero attached hydrogens (tertiary/aromatic N) is 1. The number of ether oxygens (including phenoxy) is 1. The molecule has 0 fully saturated rings. The number of fused-ring (bicyclic) bond motifs is 1. The molecule has 2 aromatic carbocycles. The molecule has 1 heterocycles. The van der Waals surface area contributed by atoms with Gasteiger partial charge >= 0.3 is 0 Å². The summed E-state index contributed by atoms with van der Waals surface area (Å²) in [6, 6.07) is 16.6. The molecule has 3 rings (SSSR count). The van der Waals surface area contributed by atoms with Crippen molar-refractivity contribution in [3.8, 4) is 11.8 Å². The molecule has 0 unspecified atom stereocenters. The molecule has 0 N–H and O–H groups in total. The first-order valence-corrected chi connectivity index (χ1v) is 6.23. The molecular formula is C17H11NO2. The van der Waals surface area contributed by atoms with Crippen molar-refractivity contribution in [3.05, 3.63) is 71.0 Å². The number of benzene rings is 2. The molecule has 1 aliphatic heterocycles. The molecule has 1 aliphatic rings. The second-order valence-electron chi connectivity index (χ2n) is 4.61. The Bertz CT molecular complexity index is 767. The standard InChI is InChI=1S/C17H11NO2/c1-11-7-8-15-13(9-11)16(19)17(20-15)14(10-18)12-5-3-2-4-6-12/h2-9H,1H3/b17-14-. The van der Waals surface area contributed by atoms with E-state index in [-0.39, 0.29) is 17.1 Å². The van der Waals surface area contributed by atoms with Gasteiger partial charge in [-0.25, -0.2) is 0 Å². The summed E-state index contributed by atoms with van der Waals surface area (Å²) in [5.74, 6) is 0.391. The Kier molecular flexibility index (Phi) is 2.85. The predicted molar refractivity (Wildman–Crippen MR) is 75.1 cm³/mol. The van der Waals surface area contributed by atoms with E-state index in [0.29, 0.717) is 16.9 Å². The first kappa shape index (κ1) is 12.2. The third-order valence-electron chi connectivity index (χ3n) is 3.20. The van der Waals surface area contributed by atoms with Crippen LogP contribution < -0.4 is 4.74 Å². The van der Waals surface area contributed by atoms with Gasteiger partial charge in [0.25, 0.3) is 0 Å². The lowest BCUT2D eigenvalue weighted by Crippen LogP contribution is -2.02. The number of nitriles is 1. The molecule has 0 aromatic heterocycles. The van der Waals surface area contributed by atoms with Gasteiger partial charge in [-0.05, 0) is 24.6 Å². The number of Topliss-reactive ketones (excluding diaryl/α,β-unsaturated/α-hetero) is 1. The summed E-state index contributed by atoms with van der Waals surface area (Å²) in [5, 5.41) is 9.35. The number of rotatable bonds is 1. The Morgan fingerprint density at radius 2 is 1.90 bits per heavy atom. The summed E-state index contributed by atoms with van der Waals surface area (Å²) in [7, 11) is 0. The zero-order valence-electron chi connectivity index (χ0n) is 10.9. The molecule has 96 valence electrons. The van der Waals surface area contributed by atoms with Crippen LogP contribution in [-0.4, -0.2) is 5.78 Å². The maximum atomic E-state index is 12.4. The first-order chi connectivity index (χ1) is 9.70. The summed E-state index contributed by atoms with van der Waals surface area (Å²) < 4.78 is 5.59. The van der Waals surface area contributed by atoms with Crippen LogP contribution in [0.15, 0.2) is 54.3 Å². The molecule has 0 saturated carbocycles. The molecule has 2 aromatic rings. The molecule has 3 nitrogen and oxygen atoms in total. The van der Waals surface area contributed by atoms with E-state index in [0.717, 1.165) is 5.56 Å². The van der Waals surface area contributed by atoms with Gasteiger partial charge in [-0.1, -0.05) is 42.0 Å². The minimum absolute atomic E-state index is 0.110. The number of aryl methyl sites for hydroxylation is 1. The van der Waals surface area contributed by atoms with Crippen molar-refractivity contribution in [2.75, 3.05) is 0 Å². The van der Waals surface area contributed by atoms with Gasteiger partial charge in [-0.15, -0.1) is 0 Å². The zero-order chi connectivity index (χ0) is 14.1. The smallest absolute Gasteiger partial charge is 0.233 e. The van der Waals surface area contributed by atoms with Crippen LogP contribution in [0.25, 0.3) is 5.57 Å². The number of carbonyl (C=O) groups excluding carboxylic acids is 1. The van der Waals surface area contributed by atoms with Crippen molar-refractivity contribution in [3.63, 3.8) is 0 Å². The van der Waals surface area contributed by atoms with E-state index < -0.39 is 0 Å². The maximum Gasteiger partial charge on any atom is 0.233 e. The van der Waals surface area contributed by atoms with Crippen LogP contribution in [0.3, 0.4) is 0 Å². The van der Waals surface area contributed by atoms with E-state index in [9.17, 15) is 10.1 Å². The van der Waals surface area contributed by atoms with Gasteiger partial charge in [-0.2, -0.15) is 5.26 Å².